The molecule has 1 atom stereocenters. The molecule has 0 radical (unpaired) electrons. The quantitative estimate of drug-likeness (QED) is 0.794. The molecule has 0 bridgehead atoms. The number of methoxy groups -OCH3 is 1. The van der Waals surface area contributed by atoms with Crippen molar-refractivity contribution in [1.82, 2.24) is 15.5 Å². The minimum absolute atomic E-state index is 0. The van der Waals surface area contributed by atoms with Gasteiger partial charge in [0.1, 0.15) is 6.61 Å². The molecule has 128 valence electrons. The fraction of sp³-hybridized carbons (Fsp3) is 0.867. The van der Waals surface area contributed by atoms with Gasteiger partial charge in [0.05, 0.1) is 5.54 Å². The van der Waals surface area contributed by atoms with Crippen molar-refractivity contribution in [3.8, 4) is 0 Å². The summed E-state index contributed by atoms with van der Waals surface area (Å²) >= 11 is 0. The van der Waals surface area contributed by atoms with Crippen LogP contribution in [0.25, 0.3) is 0 Å². The SMILES string of the molecule is COCC(=O)N1CCC(NC(=O)C2(C)CCCCN2)CC1.Cl. The van der Waals surface area contributed by atoms with Gasteiger partial charge in [-0.15, -0.1) is 12.4 Å². The predicted molar refractivity (Wildman–Crippen MR) is 87.1 cm³/mol. The summed E-state index contributed by atoms with van der Waals surface area (Å²) in [6.45, 7) is 4.42. The number of carbonyl (C=O) groups is 2. The first-order valence-electron chi connectivity index (χ1n) is 7.88. The monoisotopic (exact) mass is 333 g/mol. The van der Waals surface area contributed by atoms with Gasteiger partial charge in [-0.25, -0.2) is 0 Å². The third-order valence-electron chi connectivity index (χ3n) is 4.57. The molecule has 0 aromatic heterocycles. The fourth-order valence-electron chi connectivity index (χ4n) is 3.08. The van der Waals surface area contributed by atoms with E-state index in [0.717, 1.165) is 38.6 Å². The standard InChI is InChI=1S/C15H27N3O3.ClH/c1-15(7-3-4-8-16-15)14(20)17-12-5-9-18(10-6-12)13(19)11-21-2;/h12,16H,3-11H2,1-2H3,(H,17,20);1H. The lowest BCUT2D eigenvalue weighted by Gasteiger charge is -2.37. The van der Waals surface area contributed by atoms with E-state index in [1.165, 1.54) is 7.11 Å². The second-order valence-electron chi connectivity index (χ2n) is 6.28. The number of ether oxygens (including phenoxy) is 1. The molecule has 2 N–H and O–H groups in total. The van der Waals surface area contributed by atoms with Gasteiger partial charge >= 0.3 is 0 Å². The van der Waals surface area contributed by atoms with Gasteiger partial charge in [-0.3, -0.25) is 9.59 Å². The third kappa shape index (κ3) is 4.83. The summed E-state index contributed by atoms with van der Waals surface area (Å²) in [6, 6.07) is 0.171. The Balaban J connectivity index is 0.00000242. The molecule has 7 heteroatoms. The molecule has 0 aliphatic carbocycles. The zero-order valence-corrected chi connectivity index (χ0v) is 14.3. The van der Waals surface area contributed by atoms with Crippen molar-refractivity contribution in [2.45, 2.75) is 50.6 Å². The minimum Gasteiger partial charge on any atom is -0.375 e. The Kier molecular flexibility index (Phi) is 7.59. The molecular weight excluding hydrogens is 306 g/mol. The lowest BCUT2D eigenvalue weighted by atomic mass is 9.89. The minimum atomic E-state index is -0.429. The van der Waals surface area contributed by atoms with E-state index in [0.29, 0.717) is 13.1 Å². The maximum Gasteiger partial charge on any atom is 0.248 e. The van der Waals surface area contributed by atoms with Crippen LogP contribution in [-0.2, 0) is 14.3 Å². The number of halogens is 1. The molecule has 2 aliphatic rings. The van der Waals surface area contributed by atoms with Crippen LogP contribution in [-0.4, -0.2) is 61.6 Å². The van der Waals surface area contributed by atoms with Gasteiger partial charge in [0.15, 0.2) is 0 Å². The first-order chi connectivity index (χ1) is 10.0. The first-order valence-corrected chi connectivity index (χ1v) is 7.88. The molecule has 0 aromatic rings. The van der Waals surface area contributed by atoms with E-state index >= 15 is 0 Å². The van der Waals surface area contributed by atoms with Crippen LogP contribution in [0.4, 0.5) is 0 Å². The molecule has 2 aliphatic heterocycles. The Morgan fingerprint density at radius 3 is 2.55 bits per heavy atom. The number of amides is 2. The van der Waals surface area contributed by atoms with Gasteiger partial charge in [0, 0.05) is 26.2 Å². The molecule has 6 nitrogen and oxygen atoms in total. The van der Waals surface area contributed by atoms with E-state index in [9.17, 15) is 9.59 Å². The molecule has 2 heterocycles. The summed E-state index contributed by atoms with van der Waals surface area (Å²) in [7, 11) is 1.53. The van der Waals surface area contributed by atoms with Crippen molar-refractivity contribution in [2.75, 3.05) is 33.4 Å². The Bertz CT molecular complexity index is 378. The van der Waals surface area contributed by atoms with E-state index in [-0.39, 0.29) is 36.9 Å². The Hall–Kier alpha value is -0.850. The number of nitrogens with one attached hydrogen (secondary N) is 2. The highest BCUT2D eigenvalue weighted by molar-refractivity contribution is 5.86. The largest absolute Gasteiger partial charge is 0.375 e. The topological polar surface area (TPSA) is 70.7 Å². The van der Waals surface area contributed by atoms with Gasteiger partial charge in [-0.1, -0.05) is 0 Å². The summed E-state index contributed by atoms with van der Waals surface area (Å²) in [5.74, 6) is 0.132. The zero-order chi connectivity index (χ0) is 15.3. The Morgan fingerprint density at radius 1 is 1.32 bits per heavy atom. The molecule has 2 saturated heterocycles. The predicted octanol–water partition coefficient (Wildman–Crippen LogP) is 0.694. The van der Waals surface area contributed by atoms with E-state index in [1.54, 1.807) is 0 Å². The lowest BCUT2D eigenvalue weighted by molar-refractivity contribution is -0.136. The number of likely N-dealkylation sites (tertiary alicyclic amines) is 1. The zero-order valence-electron chi connectivity index (χ0n) is 13.5. The molecule has 2 amide bonds. The number of nitrogens with zero attached hydrogens (tertiary/aromatic N) is 1. The average Bonchev–Trinajstić information content (AvgIpc) is 2.49. The molecule has 1 unspecified atom stereocenters. The van der Waals surface area contributed by atoms with Crippen molar-refractivity contribution in [3.63, 3.8) is 0 Å². The Morgan fingerprint density at radius 2 is 2.00 bits per heavy atom. The highest BCUT2D eigenvalue weighted by Gasteiger charge is 2.35. The maximum absolute atomic E-state index is 12.4. The highest BCUT2D eigenvalue weighted by Crippen LogP contribution is 2.20. The van der Waals surface area contributed by atoms with Crippen LogP contribution in [0.15, 0.2) is 0 Å². The van der Waals surface area contributed by atoms with Crippen molar-refractivity contribution in [1.29, 1.82) is 0 Å². The molecular formula is C15H28ClN3O3. The molecule has 22 heavy (non-hydrogen) atoms. The van der Waals surface area contributed by atoms with Crippen LogP contribution in [0, 0.1) is 0 Å². The number of rotatable bonds is 4. The second-order valence-corrected chi connectivity index (χ2v) is 6.28. The van der Waals surface area contributed by atoms with Crippen LogP contribution in [0.2, 0.25) is 0 Å². The summed E-state index contributed by atoms with van der Waals surface area (Å²) < 4.78 is 4.87. The van der Waals surface area contributed by atoms with Crippen LogP contribution < -0.4 is 10.6 Å². The van der Waals surface area contributed by atoms with E-state index in [2.05, 4.69) is 10.6 Å². The summed E-state index contributed by atoms with van der Waals surface area (Å²) in [6.07, 6.45) is 4.77. The highest BCUT2D eigenvalue weighted by atomic mass is 35.5. The van der Waals surface area contributed by atoms with Crippen LogP contribution in [0.3, 0.4) is 0 Å². The van der Waals surface area contributed by atoms with Gasteiger partial charge in [0.2, 0.25) is 11.8 Å². The Labute approximate surface area is 138 Å². The van der Waals surface area contributed by atoms with E-state index in [1.807, 2.05) is 11.8 Å². The molecule has 2 rings (SSSR count). The van der Waals surface area contributed by atoms with Crippen molar-refractivity contribution in [3.05, 3.63) is 0 Å². The van der Waals surface area contributed by atoms with Gasteiger partial charge in [0.25, 0.3) is 0 Å². The normalized spacial score (nSPS) is 26.2. The molecule has 0 aromatic carbocycles. The van der Waals surface area contributed by atoms with Crippen LogP contribution in [0.1, 0.15) is 39.0 Å². The number of carbonyl (C=O) groups excluding carboxylic acids is 2. The lowest BCUT2D eigenvalue weighted by Crippen LogP contribution is -2.59. The maximum atomic E-state index is 12.4. The summed E-state index contributed by atoms with van der Waals surface area (Å²) in [5, 5.41) is 6.49. The number of hydrogen-bond donors (Lipinski definition) is 2. The third-order valence-corrected chi connectivity index (χ3v) is 4.57. The number of hydrogen-bond acceptors (Lipinski definition) is 4. The van der Waals surface area contributed by atoms with Crippen LogP contribution >= 0.6 is 12.4 Å². The van der Waals surface area contributed by atoms with Gasteiger partial charge in [-0.05, 0) is 45.6 Å². The van der Waals surface area contributed by atoms with E-state index in [4.69, 9.17) is 4.74 Å². The smallest absolute Gasteiger partial charge is 0.248 e. The molecule has 0 spiro atoms. The van der Waals surface area contributed by atoms with Crippen LogP contribution in [0.5, 0.6) is 0 Å². The van der Waals surface area contributed by atoms with E-state index < -0.39 is 5.54 Å². The fourth-order valence-corrected chi connectivity index (χ4v) is 3.08. The molecule has 2 fully saturated rings. The molecule has 0 saturated carbocycles. The summed E-state index contributed by atoms with van der Waals surface area (Å²) in [4.78, 5) is 26.0. The van der Waals surface area contributed by atoms with Gasteiger partial charge < -0.3 is 20.3 Å². The summed E-state index contributed by atoms with van der Waals surface area (Å²) in [5.41, 5.74) is -0.429. The van der Waals surface area contributed by atoms with Crippen molar-refractivity contribution >= 4 is 24.2 Å². The van der Waals surface area contributed by atoms with Crippen molar-refractivity contribution < 1.29 is 14.3 Å². The average molecular weight is 334 g/mol. The van der Waals surface area contributed by atoms with Crippen molar-refractivity contribution in [2.24, 2.45) is 0 Å². The number of piperidine rings is 2. The first kappa shape index (κ1) is 19.2. The second kappa shape index (κ2) is 8.70. The van der Waals surface area contributed by atoms with Gasteiger partial charge in [-0.2, -0.15) is 0 Å².